The molecule has 0 saturated carbocycles. The quantitative estimate of drug-likeness (QED) is 0.790. The van der Waals surface area contributed by atoms with Crippen LogP contribution in [0, 0.1) is 13.8 Å². The van der Waals surface area contributed by atoms with Crippen molar-refractivity contribution in [3.63, 3.8) is 0 Å². The van der Waals surface area contributed by atoms with Gasteiger partial charge in [0.15, 0.2) is 0 Å². The van der Waals surface area contributed by atoms with Crippen LogP contribution in [0.2, 0.25) is 0 Å². The van der Waals surface area contributed by atoms with Crippen LogP contribution in [-0.2, 0) is 6.54 Å². The van der Waals surface area contributed by atoms with E-state index in [1.165, 1.54) is 5.56 Å². The third kappa shape index (κ3) is 4.50. The van der Waals surface area contributed by atoms with Crippen LogP contribution in [0.1, 0.15) is 23.1 Å². The van der Waals surface area contributed by atoms with E-state index in [0.717, 1.165) is 29.0 Å². The lowest BCUT2D eigenvalue weighted by atomic mass is 10.1. The van der Waals surface area contributed by atoms with Crippen LogP contribution in [0.15, 0.2) is 42.5 Å². The molecule has 21 heavy (non-hydrogen) atoms. The van der Waals surface area contributed by atoms with Crippen molar-refractivity contribution in [1.29, 1.82) is 0 Å². The van der Waals surface area contributed by atoms with Gasteiger partial charge in [-0.3, -0.25) is 0 Å². The standard InChI is InChI=1S/C18H23NO2/c1-14-8-9-15(2)18(12-14)21-11-5-10-20-17-7-4-3-6-16(17)13-19/h3-4,6-9,12H,5,10-11,13,19H2,1-2H3. The van der Waals surface area contributed by atoms with Crippen LogP contribution in [0.3, 0.4) is 0 Å². The number of nitrogens with two attached hydrogens (primary N) is 1. The maximum atomic E-state index is 5.81. The van der Waals surface area contributed by atoms with E-state index in [9.17, 15) is 0 Å². The first kappa shape index (κ1) is 15.4. The Morgan fingerprint density at radius 1 is 0.905 bits per heavy atom. The average Bonchev–Trinajstić information content (AvgIpc) is 2.50. The molecule has 3 nitrogen and oxygen atoms in total. The number of hydrogen-bond acceptors (Lipinski definition) is 3. The number of hydrogen-bond donors (Lipinski definition) is 1. The monoisotopic (exact) mass is 285 g/mol. The maximum Gasteiger partial charge on any atom is 0.123 e. The molecule has 2 N–H and O–H groups in total. The zero-order chi connectivity index (χ0) is 15.1. The molecule has 0 saturated heterocycles. The first-order chi connectivity index (χ1) is 10.2. The minimum atomic E-state index is 0.495. The fourth-order valence-corrected chi connectivity index (χ4v) is 2.10. The molecule has 2 aromatic rings. The molecule has 0 atom stereocenters. The summed E-state index contributed by atoms with van der Waals surface area (Å²) in [5.41, 5.74) is 9.09. The predicted molar refractivity (Wildman–Crippen MR) is 85.9 cm³/mol. The van der Waals surface area contributed by atoms with Gasteiger partial charge in [0.2, 0.25) is 0 Å². The third-order valence-electron chi connectivity index (χ3n) is 3.34. The van der Waals surface area contributed by atoms with Gasteiger partial charge >= 0.3 is 0 Å². The Kier molecular flexibility index (Phi) is 5.64. The molecule has 0 heterocycles. The molecule has 0 fully saturated rings. The normalized spacial score (nSPS) is 10.4. The van der Waals surface area contributed by atoms with Crippen LogP contribution >= 0.6 is 0 Å². The number of para-hydroxylation sites is 1. The SMILES string of the molecule is Cc1ccc(C)c(OCCCOc2ccccc2CN)c1. The topological polar surface area (TPSA) is 44.5 Å². The van der Waals surface area contributed by atoms with Crippen molar-refractivity contribution in [2.45, 2.75) is 26.8 Å². The summed E-state index contributed by atoms with van der Waals surface area (Å²) >= 11 is 0. The maximum absolute atomic E-state index is 5.81. The van der Waals surface area contributed by atoms with E-state index in [0.29, 0.717) is 19.8 Å². The Morgan fingerprint density at radius 3 is 2.38 bits per heavy atom. The molecule has 0 aromatic heterocycles. The Bertz CT molecular complexity index is 581. The Balaban J connectivity index is 1.76. The largest absolute Gasteiger partial charge is 0.493 e. The van der Waals surface area contributed by atoms with E-state index in [4.69, 9.17) is 15.2 Å². The lowest BCUT2D eigenvalue weighted by Gasteiger charge is -2.12. The predicted octanol–water partition coefficient (Wildman–Crippen LogP) is 3.61. The molecule has 2 rings (SSSR count). The summed E-state index contributed by atoms with van der Waals surface area (Å²) in [6.07, 6.45) is 0.840. The molecule has 112 valence electrons. The van der Waals surface area contributed by atoms with E-state index >= 15 is 0 Å². The molecule has 0 aliphatic rings. The van der Waals surface area contributed by atoms with E-state index < -0.39 is 0 Å². The Labute approximate surface area is 126 Å². The van der Waals surface area contributed by atoms with Gasteiger partial charge in [-0.05, 0) is 37.1 Å². The lowest BCUT2D eigenvalue weighted by Crippen LogP contribution is -2.07. The highest BCUT2D eigenvalue weighted by Gasteiger charge is 2.02. The molecular formula is C18H23NO2. The summed E-state index contributed by atoms with van der Waals surface area (Å²) in [6, 6.07) is 14.1. The van der Waals surface area contributed by atoms with Gasteiger partial charge in [-0.15, -0.1) is 0 Å². The zero-order valence-corrected chi connectivity index (χ0v) is 12.8. The lowest BCUT2D eigenvalue weighted by molar-refractivity contribution is 0.245. The van der Waals surface area contributed by atoms with Crippen molar-refractivity contribution < 1.29 is 9.47 Å². The Morgan fingerprint density at radius 2 is 1.62 bits per heavy atom. The van der Waals surface area contributed by atoms with Crippen molar-refractivity contribution in [2.24, 2.45) is 5.73 Å². The summed E-state index contributed by atoms with van der Waals surface area (Å²) in [6.45, 7) is 5.90. The minimum Gasteiger partial charge on any atom is -0.493 e. The van der Waals surface area contributed by atoms with Crippen molar-refractivity contribution in [3.8, 4) is 11.5 Å². The van der Waals surface area contributed by atoms with Crippen LogP contribution in [0.25, 0.3) is 0 Å². The second-order valence-corrected chi connectivity index (χ2v) is 5.13. The fourth-order valence-electron chi connectivity index (χ4n) is 2.10. The molecule has 0 spiro atoms. The van der Waals surface area contributed by atoms with Crippen LogP contribution in [0.5, 0.6) is 11.5 Å². The van der Waals surface area contributed by atoms with Gasteiger partial charge < -0.3 is 15.2 Å². The summed E-state index contributed by atoms with van der Waals surface area (Å²) in [7, 11) is 0. The van der Waals surface area contributed by atoms with E-state index in [1.54, 1.807) is 0 Å². The van der Waals surface area contributed by atoms with Crippen molar-refractivity contribution >= 4 is 0 Å². The van der Waals surface area contributed by atoms with E-state index in [1.807, 2.05) is 24.3 Å². The van der Waals surface area contributed by atoms with E-state index in [-0.39, 0.29) is 0 Å². The summed E-state index contributed by atoms with van der Waals surface area (Å²) in [5.74, 6) is 1.82. The highest BCUT2D eigenvalue weighted by molar-refractivity contribution is 5.36. The molecule has 0 aliphatic heterocycles. The first-order valence-corrected chi connectivity index (χ1v) is 7.31. The van der Waals surface area contributed by atoms with Gasteiger partial charge in [0, 0.05) is 18.5 Å². The average molecular weight is 285 g/mol. The van der Waals surface area contributed by atoms with Crippen LogP contribution < -0.4 is 15.2 Å². The number of ether oxygens (including phenoxy) is 2. The molecule has 2 aromatic carbocycles. The van der Waals surface area contributed by atoms with Crippen molar-refractivity contribution in [3.05, 3.63) is 59.2 Å². The molecule has 0 bridgehead atoms. The molecule has 0 amide bonds. The van der Waals surface area contributed by atoms with Gasteiger partial charge in [0.1, 0.15) is 11.5 Å². The van der Waals surface area contributed by atoms with Crippen LogP contribution in [-0.4, -0.2) is 13.2 Å². The zero-order valence-electron chi connectivity index (χ0n) is 12.8. The summed E-state index contributed by atoms with van der Waals surface area (Å²) < 4.78 is 11.6. The number of rotatable bonds is 7. The van der Waals surface area contributed by atoms with Gasteiger partial charge in [-0.25, -0.2) is 0 Å². The molecular weight excluding hydrogens is 262 g/mol. The van der Waals surface area contributed by atoms with E-state index in [2.05, 4.69) is 32.0 Å². The second kappa shape index (κ2) is 7.70. The van der Waals surface area contributed by atoms with Gasteiger partial charge in [0.25, 0.3) is 0 Å². The molecule has 3 heteroatoms. The first-order valence-electron chi connectivity index (χ1n) is 7.31. The summed E-state index contributed by atoms with van der Waals surface area (Å²) in [4.78, 5) is 0. The highest BCUT2D eigenvalue weighted by atomic mass is 16.5. The smallest absolute Gasteiger partial charge is 0.123 e. The molecule has 0 radical (unpaired) electrons. The molecule has 0 unspecified atom stereocenters. The van der Waals surface area contributed by atoms with Crippen molar-refractivity contribution in [2.75, 3.05) is 13.2 Å². The van der Waals surface area contributed by atoms with Gasteiger partial charge in [0.05, 0.1) is 13.2 Å². The number of aryl methyl sites for hydroxylation is 2. The van der Waals surface area contributed by atoms with Gasteiger partial charge in [-0.1, -0.05) is 30.3 Å². The fraction of sp³-hybridized carbons (Fsp3) is 0.333. The second-order valence-electron chi connectivity index (χ2n) is 5.13. The Hall–Kier alpha value is -2.00. The van der Waals surface area contributed by atoms with Crippen molar-refractivity contribution in [1.82, 2.24) is 0 Å². The summed E-state index contributed by atoms with van der Waals surface area (Å²) in [5, 5.41) is 0. The third-order valence-corrected chi connectivity index (χ3v) is 3.34. The van der Waals surface area contributed by atoms with Gasteiger partial charge in [-0.2, -0.15) is 0 Å². The molecule has 0 aliphatic carbocycles. The highest BCUT2D eigenvalue weighted by Crippen LogP contribution is 2.20. The number of benzene rings is 2. The van der Waals surface area contributed by atoms with Crippen LogP contribution in [0.4, 0.5) is 0 Å². The minimum absolute atomic E-state index is 0.495.